The highest BCUT2D eigenvalue weighted by Gasteiger charge is 2.50. The molecule has 0 atom stereocenters. The van der Waals surface area contributed by atoms with Crippen molar-refractivity contribution in [1.29, 1.82) is 0 Å². The largest absolute Gasteiger partial charge is 0.411 e. The lowest BCUT2D eigenvalue weighted by atomic mass is 9.50. The van der Waals surface area contributed by atoms with E-state index in [0.717, 1.165) is 17.8 Å². The van der Waals surface area contributed by atoms with E-state index in [0.29, 0.717) is 5.41 Å². The third kappa shape index (κ3) is 1.11. The molecule has 0 aromatic carbocycles. The topological polar surface area (TPSA) is 32.6 Å². The van der Waals surface area contributed by atoms with Gasteiger partial charge >= 0.3 is 0 Å². The Morgan fingerprint density at radius 2 is 1.46 bits per heavy atom. The normalized spacial score (nSPS) is 53.4. The van der Waals surface area contributed by atoms with Gasteiger partial charge in [-0.1, -0.05) is 0 Å². The van der Waals surface area contributed by atoms with Gasteiger partial charge in [-0.15, -0.1) is 5.16 Å². The van der Waals surface area contributed by atoms with Crippen LogP contribution in [0, 0.1) is 23.2 Å². The highest BCUT2D eigenvalue weighted by atomic mass is 16.4. The van der Waals surface area contributed by atoms with Crippen molar-refractivity contribution in [1.82, 2.24) is 0 Å². The third-order valence-corrected chi connectivity index (χ3v) is 4.42. The molecule has 0 saturated heterocycles. The molecule has 0 aromatic heterocycles. The van der Waals surface area contributed by atoms with Crippen molar-refractivity contribution >= 4 is 6.21 Å². The summed E-state index contributed by atoms with van der Waals surface area (Å²) in [4.78, 5) is 0. The van der Waals surface area contributed by atoms with E-state index in [-0.39, 0.29) is 0 Å². The molecule has 4 aliphatic rings. The van der Waals surface area contributed by atoms with Gasteiger partial charge in [0.05, 0.1) is 0 Å². The zero-order chi connectivity index (χ0) is 8.89. The van der Waals surface area contributed by atoms with Crippen molar-refractivity contribution in [3.8, 4) is 0 Å². The highest BCUT2D eigenvalue weighted by Crippen LogP contribution is 2.59. The van der Waals surface area contributed by atoms with Crippen molar-refractivity contribution in [2.45, 2.75) is 38.5 Å². The van der Waals surface area contributed by atoms with Gasteiger partial charge in [-0.25, -0.2) is 0 Å². The zero-order valence-electron chi connectivity index (χ0n) is 7.95. The molecule has 0 radical (unpaired) electrons. The summed E-state index contributed by atoms with van der Waals surface area (Å²) in [6, 6.07) is 0. The molecule has 0 unspecified atom stereocenters. The molecule has 4 saturated carbocycles. The first kappa shape index (κ1) is 7.84. The maximum Gasteiger partial charge on any atom is 0.0498 e. The highest BCUT2D eigenvalue weighted by molar-refractivity contribution is 5.66. The Kier molecular flexibility index (Phi) is 1.50. The standard InChI is InChI=1S/C11H17NO/c13-12-7-11-4-8-1-9(5-11)3-10(2-8)6-11/h7-10,13H,1-6H2. The van der Waals surface area contributed by atoms with E-state index in [4.69, 9.17) is 5.21 Å². The fraction of sp³-hybridized carbons (Fsp3) is 0.909. The smallest absolute Gasteiger partial charge is 0.0498 e. The van der Waals surface area contributed by atoms with E-state index >= 15 is 0 Å². The van der Waals surface area contributed by atoms with Gasteiger partial charge in [0.15, 0.2) is 0 Å². The second-order valence-corrected chi connectivity index (χ2v) is 5.52. The Hall–Kier alpha value is -0.530. The maximum atomic E-state index is 8.70. The molecule has 0 heterocycles. The van der Waals surface area contributed by atoms with Gasteiger partial charge in [0.2, 0.25) is 0 Å². The molecular weight excluding hydrogens is 162 g/mol. The van der Waals surface area contributed by atoms with Gasteiger partial charge in [0.25, 0.3) is 0 Å². The minimum Gasteiger partial charge on any atom is -0.411 e. The van der Waals surface area contributed by atoms with Crippen LogP contribution in [0.3, 0.4) is 0 Å². The number of hydrogen-bond donors (Lipinski definition) is 1. The number of nitrogens with zero attached hydrogens (tertiary/aromatic N) is 1. The predicted octanol–water partition coefficient (Wildman–Crippen LogP) is 2.66. The van der Waals surface area contributed by atoms with Crippen molar-refractivity contribution in [3.05, 3.63) is 0 Å². The van der Waals surface area contributed by atoms with Crippen molar-refractivity contribution in [2.75, 3.05) is 0 Å². The Morgan fingerprint density at radius 3 is 1.85 bits per heavy atom. The lowest BCUT2D eigenvalue weighted by Gasteiger charge is -2.55. The van der Waals surface area contributed by atoms with E-state index in [1.165, 1.54) is 38.5 Å². The average molecular weight is 179 g/mol. The fourth-order valence-corrected chi connectivity index (χ4v) is 4.46. The van der Waals surface area contributed by atoms with Crippen LogP contribution >= 0.6 is 0 Å². The van der Waals surface area contributed by atoms with E-state index in [2.05, 4.69) is 5.16 Å². The third-order valence-electron chi connectivity index (χ3n) is 4.42. The summed E-state index contributed by atoms with van der Waals surface area (Å²) in [6.45, 7) is 0. The van der Waals surface area contributed by atoms with E-state index in [1.807, 2.05) is 6.21 Å². The Morgan fingerprint density at radius 1 is 1.00 bits per heavy atom. The Balaban J connectivity index is 1.91. The van der Waals surface area contributed by atoms with E-state index < -0.39 is 0 Å². The molecule has 72 valence electrons. The molecule has 2 nitrogen and oxygen atoms in total. The van der Waals surface area contributed by atoms with Crippen molar-refractivity contribution < 1.29 is 5.21 Å². The quantitative estimate of drug-likeness (QED) is 0.374. The second-order valence-electron chi connectivity index (χ2n) is 5.52. The molecule has 0 spiro atoms. The first-order valence-electron chi connectivity index (χ1n) is 5.48. The Bertz CT molecular complexity index is 211. The predicted molar refractivity (Wildman–Crippen MR) is 50.9 cm³/mol. The summed E-state index contributed by atoms with van der Waals surface area (Å²) in [5.41, 5.74) is 0.309. The molecule has 4 rings (SSSR count). The van der Waals surface area contributed by atoms with Gasteiger partial charge < -0.3 is 5.21 Å². The summed E-state index contributed by atoms with van der Waals surface area (Å²) >= 11 is 0. The van der Waals surface area contributed by atoms with Crippen LogP contribution in [-0.2, 0) is 0 Å². The second kappa shape index (κ2) is 2.49. The fourth-order valence-electron chi connectivity index (χ4n) is 4.46. The minimum atomic E-state index is 0.309. The average Bonchev–Trinajstić information content (AvgIpc) is 2.00. The molecule has 0 aromatic rings. The van der Waals surface area contributed by atoms with Crippen LogP contribution in [0.4, 0.5) is 0 Å². The van der Waals surface area contributed by atoms with E-state index in [1.54, 1.807) is 0 Å². The Labute approximate surface area is 79.0 Å². The molecule has 0 amide bonds. The van der Waals surface area contributed by atoms with Crippen LogP contribution in [0.5, 0.6) is 0 Å². The molecule has 4 fully saturated rings. The SMILES string of the molecule is ON=CC12CC3CC(CC(C3)C1)C2. The van der Waals surface area contributed by atoms with Gasteiger partial charge in [-0.3, -0.25) is 0 Å². The van der Waals surface area contributed by atoms with Crippen LogP contribution in [0.15, 0.2) is 5.16 Å². The van der Waals surface area contributed by atoms with E-state index in [9.17, 15) is 0 Å². The molecule has 1 N–H and O–H groups in total. The lowest BCUT2D eigenvalue weighted by Crippen LogP contribution is -2.46. The molecular formula is C11H17NO. The van der Waals surface area contributed by atoms with Crippen LogP contribution in [-0.4, -0.2) is 11.4 Å². The number of oxime groups is 1. The minimum absolute atomic E-state index is 0.309. The molecule has 4 bridgehead atoms. The van der Waals surface area contributed by atoms with Gasteiger partial charge in [-0.2, -0.15) is 0 Å². The van der Waals surface area contributed by atoms with Crippen LogP contribution in [0.25, 0.3) is 0 Å². The maximum absolute atomic E-state index is 8.70. The van der Waals surface area contributed by atoms with Crippen molar-refractivity contribution in [3.63, 3.8) is 0 Å². The molecule has 4 aliphatic carbocycles. The summed E-state index contributed by atoms with van der Waals surface area (Å²) in [5.74, 6) is 2.85. The van der Waals surface area contributed by atoms with Crippen LogP contribution in [0.2, 0.25) is 0 Å². The van der Waals surface area contributed by atoms with Gasteiger partial charge in [0, 0.05) is 11.6 Å². The van der Waals surface area contributed by atoms with Crippen molar-refractivity contribution in [2.24, 2.45) is 28.3 Å². The van der Waals surface area contributed by atoms with Crippen LogP contribution in [0.1, 0.15) is 38.5 Å². The molecule has 2 heteroatoms. The number of rotatable bonds is 1. The van der Waals surface area contributed by atoms with Crippen LogP contribution < -0.4 is 0 Å². The monoisotopic (exact) mass is 179 g/mol. The summed E-state index contributed by atoms with van der Waals surface area (Å²) in [7, 11) is 0. The zero-order valence-corrected chi connectivity index (χ0v) is 7.95. The number of hydrogen-bond acceptors (Lipinski definition) is 2. The lowest BCUT2D eigenvalue weighted by molar-refractivity contribution is -0.0107. The van der Waals surface area contributed by atoms with Gasteiger partial charge in [0.1, 0.15) is 0 Å². The summed E-state index contributed by atoms with van der Waals surface area (Å²) in [5, 5.41) is 12.0. The van der Waals surface area contributed by atoms with Gasteiger partial charge in [-0.05, 0) is 56.3 Å². The molecule has 0 aliphatic heterocycles. The first-order valence-corrected chi connectivity index (χ1v) is 5.48. The molecule has 13 heavy (non-hydrogen) atoms. The first-order chi connectivity index (χ1) is 6.30. The summed E-state index contributed by atoms with van der Waals surface area (Å²) in [6.07, 6.45) is 10.1. The summed E-state index contributed by atoms with van der Waals surface area (Å²) < 4.78 is 0.